The molecule has 2 N–H and O–H groups in total. The molecule has 102 valence electrons. The summed E-state index contributed by atoms with van der Waals surface area (Å²) in [5.41, 5.74) is 8.16. The molecular formula is C15H20ClN3. The van der Waals surface area contributed by atoms with E-state index in [0.29, 0.717) is 12.0 Å². The Morgan fingerprint density at radius 3 is 2.53 bits per heavy atom. The van der Waals surface area contributed by atoms with Crippen LogP contribution in [0.3, 0.4) is 0 Å². The third kappa shape index (κ3) is 2.57. The number of hydrogen-bond donors (Lipinski definition) is 1. The molecule has 19 heavy (non-hydrogen) atoms. The number of anilines is 1. The van der Waals surface area contributed by atoms with E-state index in [2.05, 4.69) is 9.55 Å². The van der Waals surface area contributed by atoms with Gasteiger partial charge in [-0.25, -0.2) is 4.98 Å². The second kappa shape index (κ2) is 5.41. The number of hydrogen-bond acceptors (Lipinski definition) is 2. The van der Waals surface area contributed by atoms with Crippen molar-refractivity contribution >= 4 is 28.6 Å². The summed E-state index contributed by atoms with van der Waals surface area (Å²) in [7, 11) is 0. The molecule has 1 fully saturated rings. The molecular weight excluding hydrogens is 258 g/mol. The highest BCUT2D eigenvalue weighted by atomic mass is 35.5. The van der Waals surface area contributed by atoms with E-state index in [9.17, 15) is 0 Å². The highest BCUT2D eigenvalue weighted by Crippen LogP contribution is 2.32. The van der Waals surface area contributed by atoms with Crippen molar-refractivity contribution in [1.82, 2.24) is 9.55 Å². The molecule has 4 heteroatoms. The zero-order valence-corrected chi connectivity index (χ0v) is 11.9. The van der Waals surface area contributed by atoms with Crippen LogP contribution in [0.5, 0.6) is 0 Å². The van der Waals surface area contributed by atoms with Gasteiger partial charge in [0, 0.05) is 11.1 Å². The molecule has 3 nitrogen and oxygen atoms in total. The van der Waals surface area contributed by atoms with Crippen molar-refractivity contribution in [3.05, 3.63) is 23.2 Å². The first-order valence-electron chi connectivity index (χ1n) is 7.18. The maximum absolute atomic E-state index is 6.13. The van der Waals surface area contributed by atoms with Gasteiger partial charge in [0.15, 0.2) is 0 Å². The summed E-state index contributed by atoms with van der Waals surface area (Å²) < 4.78 is 2.20. The lowest BCUT2D eigenvalue weighted by Gasteiger charge is -2.22. The molecule has 2 aromatic rings. The summed E-state index contributed by atoms with van der Waals surface area (Å²) in [5, 5.41) is 0.750. The minimum Gasteiger partial charge on any atom is -0.369 e. The van der Waals surface area contributed by atoms with Gasteiger partial charge in [-0.1, -0.05) is 43.7 Å². The summed E-state index contributed by atoms with van der Waals surface area (Å²) >= 11 is 6.12. The van der Waals surface area contributed by atoms with Crippen molar-refractivity contribution in [3.8, 4) is 0 Å². The van der Waals surface area contributed by atoms with E-state index in [1.165, 1.54) is 44.9 Å². The van der Waals surface area contributed by atoms with Crippen LogP contribution in [0.15, 0.2) is 18.2 Å². The fourth-order valence-corrected chi connectivity index (χ4v) is 3.33. The van der Waals surface area contributed by atoms with Crippen LogP contribution in [0.2, 0.25) is 5.02 Å². The fraction of sp³-hybridized carbons (Fsp3) is 0.533. The summed E-state index contributed by atoms with van der Waals surface area (Å²) in [6.07, 6.45) is 9.01. The van der Waals surface area contributed by atoms with Crippen molar-refractivity contribution in [1.29, 1.82) is 0 Å². The van der Waals surface area contributed by atoms with Crippen LogP contribution >= 0.6 is 11.6 Å². The Balaban J connectivity index is 2.01. The molecule has 3 rings (SSSR count). The average molecular weight is 278 g/mol. The lowest BCUT2D eigenvalue weighted by Crippen LogP contribution is -2.13. The van der Waals surface area contributed by atoms with Gasteiger partial charge >= 0.3 is 0 Å². The van der Waals surface area contributed by atoms with E-state index >= 15 is 0 Å². The van der Waals surface area contributed by atoms with Crippen LogP contribution in [0, 0.1) is 0 Å². The lowest BCUT2D eigenvalue weighted by atomic mass is 9.96. The third-order valence-electron chi connectivity index (χ3n) is 4.12. The van der Waals surface area contributed by atoms with E-state index < -0.39 is 0 Å². The summed E-state index contributed by atoms with van der Waals surface area (Å²) in [6, 6.07) is 6.29. The molecule has 0 aliphatic heterocycles. The zero-order valence-electron chi connectivity index (χ0n) is 11.1. The van der Waals surface area contributed by atoms with Crippen molar-refractivity contribution in [2.24, 2.45) is 0 Å². The van der Waals surface area contributed by atoms with Gasteiger partial charge in [0.05, 0.1) is 11.0 Å². The molecule has 1 saturated carbocycles. The lowest BCUT2D eigenvalue weighted by molar-refractivity contribution is 0.381. The first-order chi connectivity index (χ1) is 9.25. The standard InChI is InChI=1S/C15H20ClN3/c16-11-8-9-13-14(10-11)19(15(17)18-13)12-6-4-2-1-3-5-7-12/h8-10,12H,1-7H2,(H2,17,18). The van der Waals surface area contributed by atoms with Gasteiger partial charge in [0.2, 0.25) is 5.95 Å². The molecule has 1 aromatic carbocycles. The molecule has 0 spiro atoms. The smallest absolute Gasteiger partial charge is 0.201 e. The second-order valence-corrected chi connectivity index (χ2v) is 5.91. The Kier molecular flexibility index (Phi) is 3.65. The van der Waals surface area contributed by atoms with Gasteiger partial charge in [-0.05, 0) is 31.0 Å². The topological polar surface area (TPSA) is 43.8 Å². The number of imidazole rings is 1. The van der Waals surface area contributed by atoms with Crippen LogP contribution < -0.4 is 5.73 Å². The molecule has 0 atom stereocenters. The van der Waals surface area contributed by atoms with Crippen molar-refractivity contribution in [2.75, 3.05) is 5.73 Å². The minimum atomic E-state index is 0.476. The van der Waals surface area contributed by atoms with Crippen molar-refractivity contribution in [3.63, 3.8) is 0 Å². The van der Waals surface area contributed by atoms with Crippen LogP contribution in [-0.2, 0) is 0 Å². The summed E-state index contributed by atoms with van der Waals surface area (Å²) in [5.74, 6) is 0.628. The van der Waals surface area contributed by atoms with Gasteiger partial charge in [-0.2, -0.15) is 0 Å². The first-order valence-corrected chi connectivity index (χ1v) is 7.56. The Morgan fingerprint density at radius 2 is 1.79 bits per heavy atom. The number of nitrogens with two attached hydrogens (primary N) is 1. The average Bonchev–Trinajstić information content (AvgIpc) is 2.65. The largest absolute Gasteiger partial charge is 0.369 e. The van der Waals surface area contributed by atoms with E-state index in [-0.39, 0.29) is 0 Å². The number of nitrogen functional groups attached to an aromatic ring is 1. The van der Waals surface area contributed by atoms with E-state index in [1.54, 1.807) is 0 Å². The maximum Gasteiger partial charge on any atom is 0.201 e. The van der Waals surface area contributed by atoms with Crippen LogP contribution in [0.4, 0.5) is 5.95 Å². The fourth-order valence-electron chi connectivity index (χ4n) is 3.16. The maximum atomic E-state index is 6.13. The number of fused-ring (bicyclic) bond motifs is 1. The summed E-state index contributed by atoms with van der Waals surface area (Å²) in [6.45, 7) is 0. The number of halogens is 1. The highest BCUT2D eigenvalue weighted by Gasteiger charge is 2.18. The predicted octanol–water partition coefficient (Wildman–Crippen LogP) is 4.56. The van der Waals surface area contributed by atoms with Gasteiger partial charge in [0.1, 0.15) is 0 Å². The van der Waals surface area contributed by atoms with Crippen LogP contribution in [0.1, 0.15) is 51.0 Å². The minimum absolute atomic E-state index is 0.476. The van der Waals surface area contributed by atoms with Gasteiger partial charge in [0.25, 0.3) is 0 Å². The molecule has 1 heterocycles. The predicted molar refractivity (Wildman–Crippen MR) is 80.5 cm³/mol. The Morgan fingerprint density at radius 1 is 1.11 bits per heavy atom. The van der Waals surface area contributed by atoms with Crippen LogP contribution in [0.25, 0.3) is 11.0 Å². The molecule has 0 radical (unpaired) electrons. The number of rotatable bonds is 1. The molecule has 0 unspecified atom stereocenters. The molecule has 0 bridgehead atoms. The molecule has 1 aliphatic rings. The molecule has 0 amide bonds. The molecule has 1 aromatic heterocycles. The Hall–Kier alpha value is -1.22. The quantitative estimate of drug-likeness (QED) is 0.830. The monoisotopic (exact) mass is 277 g/mol. The van der Waals surface area contributed by atoms with E-state index in [4.69, 9.17) is 17.3 Å². The summed E-state index contributed by atoms with van der Waals surface area (Å²) in [4.78, 5) is 4.47. The highest BCUT2D eigenvalue weighted by molar-refractivity contribution is 6.31. The zero-order chi connectivity index (χ0) is 13.2. The Labute approximate surface area is 118 Å². The van der Waals surface area contributed by atoms with E-state index in [1.807, 2.05) is 18.2 Å². The van der Waals surface area contributed by atoms with Gasteiger partial charge < -0.3 is 10.3 Å². The third-order valence-corrected chi connectivity index (χ3v) is 4.35. The number of nitrogens with zero attached hydrogens (tertiary/aromatic N) is 2. The van der Waals surface area contributed by atoms with E-state index in [0.717, 1.165) is 16.1 Å². The van der Waals surface area contributed by atoms with Crippen molar-refractivity contribution < 1.29 is 0 Å². The van der Waals surface area contributed by atoms with Crippen LogP contribution in [-0.4, -0.2) is 9.55 Å². The number of benzene rings is 1. The second-order valence-electron chi connectivity index (χ2n) is 5.47. The number of aromatic nitrogens is 2. The molecule has 1 aliphatic carbocycles. The first kappa shape index (κ1) is 12.8. The SMILES string of the molecule is Nc1nc2ccc(Cl)cc2n1C1CCCCCCC1. The Bertz CT molecular complexity index is 568. The normalized spacial score (nSPS) is 18.4. The van der Waals surface area contributed by atoms with Crippen molar-refractivity contribution in [2.45, 2.75) is 51.0 Å². The van der Waals surface area contributed by atoms with Gasteiger partial charge in [-0.15, -0.1) is 0 Å². The molecule has 0 saturated heterocycles. The van der Waals surface area contributed by atoms with Gasteiger partial charge in [-0.3, -0.25) is 0 Å².